The Morgan fingerprint density at radius 1 is 1.15 bits per heavy atom. The van der Waals surface area contributed by atoms with Gasteiger partial charge in [-0.3, -0.25) is 0 Å². The maximum atomic E-state index is 12.5. The van der Waals surface area contributed by atoms with Gasteiger partial charge in [0.2, 0.25) is 0 Å². The number of hydrogen-bond acceptors (Lipinski definition) is 5. The van der Waals surface area contributed by atoms with Gasteiger partial charge >= 0.3 is 12.1 Å². The number of thiazole rings is 1. The molecule has 26 heavy (non-hydrogen) atoms. The number of nitrogens with one attached hydrogen (secondary N) is 1. The van der Waals surface area contributed by atoms with Crippen molar-refractivity contribution >= 4 is 23.5 Å². The minimum absolute atomic E-state index is 0.0954. The molecule has 1 aliphatic heterocycles. The molecule has 1 fully saturated rings. The van der Waals surface area contributed by atoms with Crippen LogP contribution in [0.5, 0.6) is 0 Å². The first-order valence-electron chi connectivity index (χ1n) is 9.25. The lowest BCUT2D eigenvalue weighted by molar-refractivity contribution is 0.0169. The summed E-state index contributed by atoms with van der Waals surface area (Å²) in [5.74, 6) is 0. The van der Waals surface area contributed by atoms with Crippen LogP contribution in [0.1, 0.15) is 55.7 Å². The number of nitrogens with zero attached hydrogens (tertiary/aromatic N) is 3. The molecule has 1 N–H and O–H groups in total. The van der Waals surface area contributed by atoms with Gasteiger partial charge in [-0.05, 0) is 47.0 Å². The van der Waals surface area contributed by atoms with E-state index in [4.69, 9.17) is 4.74 Å². The Morgan fingerprint density at radius 2 is 1.81 bits per heavy atom. The second kappa shape index (κ2) is 7.42. The third-order valence-electron chi connectivity index (χ3n) is 4.54. The number of piperazine rings is 1. The molecule has 0 bridgehead atoms. The molecular formula is C18H28N4O3S. The van der Waals surface area contributed by atoms with E-state index in [-0.39, 0.29) is 18.2 Å². The van der Waals surface area contributed by atoms with Crippen LogP contribution >= 0.6 is 11.3 Å². The predicted molar refractivity (Wildman–Crippen MR) is 100 cm³/mol. The molecule has 7 nitrogen and oxygen atoms in total. The molecule has 2 heterocycles. The summed E-state index contributed by atoms with van der Waals surface area (Å²) >= 11 is 1.71. The quantitative estimate of drug-likeness (QED) is 0.856. The number of rotatable bonds is 2. The number of aromatic nitrogens is 1. The van der Waals surface area contributed by atoms with Crippen LogP contribution in [-0.4, -0.2) is 58.7 Å². The minimum atomic E-state index is -0.505. The minimum Gasteiger partial charge on any atom is -0.444 e. The first-order chi connectivity index (χ1) is 12.2. The van der Waals surface area contributed by atoms with Crippen molar-refractivity contribution in [2.24, 2.45) is 0 Å². The molecule has 0 radical (unpaired) electrons. The Balaban J connectivity index is 1.48. The summed E-state index contributed by atoms with van der Waals surface area (Å²) in [5.41, 5.74) is 0.701. The van der Waals surface area contributed by atoms with E-state index in [1.165, 1.54) is 17.0 Å². The summed E-state index contributed by atoms with van der Waals surface area (Å²) in [6.07, 6.45) is 3.04. The molecular weight excluding hydrogens is 352 g/mol. The maximum absolute atomic E-state index is 12.5. The Hall–Kier alpha value is -1.83. The Morgan fingerprint density at radius 3 is 2.42 bits per heavy atom. The van der Waals surface area contributed by atoms with E-state index in [1.807, 2.05) is 27.7 Å². The molecule has 0 saturated carbocycles. The lowest BCUT2D eigenvalue weighted by atomic mass is 10.2. The third kappa shape index (κ3) is 4.47. The van der Waals surface area contributed by atoms with E-state index in [1.54, 1.807) is 21.1 Å². The molecule has 3 rings (SSSR count). The smallest absolute Gasteiger partial charge is 0.410 e. The molecule has 8 heteroatoms. The van der Waals surface area contributed by atoms with Crippen molar-refractivity contribution in [3.63, 3.8) is 0 Å². The Kier molecular flexibility index (Phi) is 5.41. The zero-order valence-electron chi connectivity index (χ0n) is 16.0. The summed E-state index contributed by atoms with van der Waals surface area (Å²) in [6.45, 7) is 9.52. The number of amides is 3. The van der Waals surface area contributed by atoms with E-state index in [2.05, 4.69) is 10.3 Å². The van der Waals surface area contributed by atoms with E-state index >= 15 is 0 Å². The van der Waals surface area contributed by atoms with Crippen LogP contribution in [0.2, 0.25) is 0 Å². The summed E-state index contributed by atoms with van der Waals surface area (Å²) in [7, 11) is 0. The van der Waals surface area contributed by atoms with Gasteiger partial charge < -0.3 is 19.9 Å². The van der Waals surface area contributed by atoms with Crippen LogP contribution in [-0.2, 0) is 17.6 Å². The number of urea groups is 1. The largest absolute Gasteiger partial charge is 0.444 e. The fourth-order valence-corrected chi connectivity index (χ4v) is 4.31. The molecule has 1 unspecified atom stereocenters. The van der Waals surface area contributed by atoms with Crippen molar-refractivity contribution in [2.75, 3.05) is 26.2 Å². The van der Waals surface area contributed by atoms with Crippen LogP contribution in [0.4, 0.5) is 9.59 Å². The predicted octanol–water partition coefficient (Wildman–Crippen LogP) is 2.96. The number of fused-ring (bicyclic) bond motifs is 1. The van der Waals surface area contributed by atoms with Gasteiger partial charge in [-0.25, -0.2) is 14.6 Å². The van der Waals surface area contributed by atoms with Gasteiger partial charge in [-0.15, -0.1) is 11.3 Å². The highest BCUT2D eigenvalue weighted by Crippen LogP contribution is 2.30. The first kappa shape index (κ1) is 18.9. The average molecular weight is 381 g/mol. The highest BCUT2D eigenvalue weighted by atomic mass is 32.1. The molecule has 1 atom stereocenters. The van der Waals surface area contributed by atoms with Crippen LogP contribution in [0.15, 0.2) is 0 Å². The van der Waals surface area contributed by atoms with Crippen LogP contribution in [0.25, 0.3) is 0 Å². The van der Waals surface area contributed by atoms with Gasteiger partial charge in [-0.1, -0.05) is 0 Å². The Labute approximate surface area is 158 Å². The second-order valence-electron chi connectivity index (χ2n) is 7.90. The fourth-order valence-electron chi connectivity index (χ4n) is 3.15. The molecule has 1 aliphatic carbocycles. The second-order valence-corrected chi connectivity index (χ2v) is 9.02. The van der Waals surface area contributed by atoms with Crippen molar-refractivity contribution in [2.45, 2.75) is 58.6 Å². The molecule has 1 aromatic rings. The zero-order chi connectivity index (χ0) is 18.9. The lowest BCUT2D eigenvalue weighted by Gasteiger charge is -2.35. The fraction of sp³-hybridized carbons (Fsp3) is 0.722. The van der Waals surface area contributed by atoms with Crippen molar-refractivity contribution < 1.29 is 14.3 Å². The van der Waals surface area contributed by atoms with Crippen LogP contribution < -0.4 is 5.32 Å². The van der Waals surface area contributed by atoms with E-state index in [0.29, 0.717) is 26.2 Å². The van der Waals surface area contributed by atoms with E-state index < -0.39 is 5.60 Å². The van der Waals surface area contributed by atoms with Gasteiger partial charge in [0.05, 0.1) is 11.7 Å². The normalized spacial score (nSPS) is 18.5. The summed E-state index contributed by atoms with van der Waals surface area (Å²) in [4.78, 5) is 34.1. The molecule has 0 aromatic carbocycles. The number of carbonyl (C=O) groups excluding carboxylic acids is 2. The van der Waals surface area contributed by atoms with Crippen molar-refractivity contribution in [1.82, 2.24) is 20.1 Å². The van der Waals surface area contributed by atoms with Crippen LogP contribution in [0.3, 0.4) is 0 Å². The number of hydrogen-bond donors (Lipinski definition) is 1. The standard InChI is InChI=1S/C18H28N4O3S/c1-12(15-20-13-6-5-7-14(13)26-15)19-16(23)21-8-10-22(11-9-21)17(24)25-18(2,3)4/h12H,5-11H2,1-4H3,(H,19,23). The molecule has 2 aliphatic rings. The van der Waals surface area contributed by atoms with E-state index in [9.17, 15) is 9.59 Å². The highest BCUT2D eigenvalue weighted by molar-refractivity contribution is 7.11. The SMILES string of the molecule is CC(NC(=O)N1CCN(C(=O)OC(C)(C)C)CC1)c1nc2c(s1)CCC2. The number of carbonyl (C=O) groups is 2. The number of ether oxygens (including phenoxy) is 1. The molecule has 1 saturated heterocycles. The van der Waals surface area contributed by atoms with Crippen LogP contribution in [0, 0.1) is 0 Å². The average Bonchev–Trinajstić information content (AvgIpc) is 3.15. The molecule has 144 valence electrons. The molecule has 0 spiro atoms. The van der Waals surface area contributed by atoms with Gasteiger partial charge in [0.25, 0.3) is 0 Å². The zero-order valence-corrected chi connectivity index (χ0v) is 16.8. The van der Waals surface area contributed by atoms with Crippen molar-refractivity contribution in [3.8, 4) is 0 Å². The van der Waals surface area contributed by atoms with Crippen molar-refractivity contribution in [1.29, 1.82) is 0 Å². The lowest BCUT2D eigenvalue weighted by Crippen LogP contribution is -2.54. The molecule has 3 amide bonds. The summed E-state index contributed by atoms with van der Waals surface area (Å²) < 4.78 is 5.39. The summed E-state index contributed by atoms with van der Waals surface area (Å²) in [6, 6.07) is -0.196. The summed E-state index contributed by atoms with van der Waals surface area (Å²) in [5, 5.41) is 4.02. The van der Waals surface area contributed by atoms with Crippen molar-refractivity contribution in [3.05, 3.63) is 15.6 Å². The van der Waals surface area contributed by atoms with Gasteiger partial charge in [0.15, 0.2) is 0 Å². The molecule has 1 aromatic heterocycles. The maximum Gasteiger partial charge on any atom is 0.410 e. The van der Waals surface area contributed by atoms with Gasteiger partial charge in [0, 0.05) is 31.1 Å². The third-order valence-corrected chi connectivity index (χ3v) is 5.88. The number of aryl methyl sites for hydroxylation is 2. The monoisotopic (exact) mass is 380 g/mol. The van der Waals surface area contributed by atoms with Gasteiger partial charge in [-0.2, -0.15) is 0 Å². The highest BCUT2D eigenvalue weighted by Gasteiger charge is 2.28. The van der Waals surface area contributed by atoms with E-state index in [0.717, 1.165) is 17.8 Å². The Bertz CT molecular complexity index is 653. The first-order valence-corrected chi connectivity index (χ1v) is 10.1. The van der Waals surface area contributed by atoms with Gasteiger partial charge in [0.1, 0.15) is 10.6 Å². The topological polar surface area (TPSA) is 74.8 Å².